The van der Waals surface area contributed by atoms with Gasteiger partial charge in [-0.05, 0) is 48.9 Å². The molecule has 2 N–H and O–H groups in total. The van der Waals surface area contributed by atoms with Crippen molar-refractivity contribution < 1.29 is 18.7 Å². The number of aromatic hydroxyl groups is 1. The van der Waals surface area contributed by atoms with Crippen LogP contribution in [0.2, 0.25) is 0 Å². The van der Waals surface area contributed by atoms with Gasteiger partial charge in [-0.15, -0.1) is 5.10 Å². The number of rotatable bonds is 4. The van der Waals surface area contributed by atoms with Crippen molar-refractivity contribution in [2.45, 2.75) is 13.5 Å². The zero-order chi connectivity index (χ0) is 18.0. The van der Waals surface area contributed by atoms with Gasteiger partial charge in [0.25, 0.3) is 0 Å². The minimum atomic E-state index is -0.817. The van der Waals surface area contributed by atoms with Crippen LogP contribution < -0.4 is 11.1 Å². The maximum Gasteiger partial charge on any atom is 0.437 e. The maximum atomic E-state index is 12.9. The number of hydrogen-bond acceptors (Lipinski definition) is 5. The molecule has 0 fully saturated rings. The molecular formula is C17H14FN3O4. The lowest BCUT2D eigenvalue weighted by atomic mass is 10.2. The highest BCUT2D eigenvalue weighted by molar-refractivity contribution is 5.92. The standard InChI is InChI=1S/C17H14FN3O4/c1-10-2-7-13(14(22)8-10)19-15(23)9-21-17(24)25-16(20-21)11-3-5-12(18)6-4-11/h2-8,22H,9H2,1H3,(H,19,23). The van der Waals surface area contributed by atoms with Gasteiger partial charge in [-0.1, -0.05) is 6.07 Å². The number of carbonyl (C=O) groups excluding carboxylic acids is 1. The molecule has 3 rings (SSSR count). The Balaban J connectivity index is 1.75. The molecule has 7 nitrogen and oxygen atoms in total. The molecule has 1 heterocycles. The molecule has 0 atom stereocenters. The Hall–Kier alpha value is -3.42. The number of anilines is 1. The molecular weight excluding hydrogens is 329 g/mol. The van der Waals surface area contributed by atoms with E-state index >= 15 is 0 Å². The third-order valence-corrected chi connectivity index (χ3v) is 3.42. The highest BCUT2D eigenvalue weighted by atomic mass is 19.1. The van der Waals surface area contributed by atoms with Gasteiger partial charge in [0.2, 0.25) is 11.8 Å². The molecule has 1 amide bonds. The number of amides is 1. The summed E-state index contributed by atoms with van der Waals surface area (Å²) < 4.78 is 18.8. The second-order valence-corrected chi connectivity index (χ2v) is 5.41. The van der Waals surface area contributed by atoms with Crippen LogP contribution in [0.15, 0.2) is 51.7 Å². The van der Waals surface area contributed by atoms with E-state index in [0.717, 1.165) is 10.2 Å². The number of nitrogens with zero attached hydrogens (tertiary/aromatic N) is 2. The molecule has 0 spiro atoms. The molecule has 0 unspecified atom stereocenters. The Morgan fingerprint density at radius 1 is 1.28 bits per heavy atom. The Bertz CT molecular complexity index is 976. The van der Waals surface area contributed by atoms with Gasteiger partial charge in [0.05, 0.1) is 5.69 Å². The second kappa shape index (κ2) is 6.60. The van der Waals surface area contributed by atoms with Gasteiger partial charge in [0.15, 0.2) is 0 Å². The summed E-state index contributed by atoms with van der Waals surface area (Å²) >= 11 is 0. The zero-order valence-corrected chi connectivity index (χ0v) is 13.2. The molecule has 0 bridgehead atoms. The first-order valence-electron chi connectivity index (χ1n) is 7.36. The van der Waals surface area contributed by atoms with Crippen LogP contribution in [0.25, 0.3) is 11.5 Å². The maximum absolute atomic E-state index is 12.9. The number of halogens is 1. The van der Waals surface area contributed by atoms with Crippen LogP contribution in [0.5, 0.6) is 5.75 Å². The van der Waals surface area contributed by atoms with Gasteiger partial charge in [-0.3, -0.25) is 4.79 Å². The van der Waals surface area contributed by atoms with Crippen LogP contribution in [0.4, 0.5) is 10.1 Å². The van der Waals surface area contributed by atoms with Crippen molar-refractivity contribution in [2.75, 3.05) is 5.32 Å². The van der Waals surface area contributed by atoms with Crippen LogP contribution in [0.3, 0.4) is 0 Å². The fourth-order valence-electron chi connectivity index (χ4n) is 2.19. The SMILES string of the molecule is Cc1ccc(NC(=O)Cn2nc(-c3ccc(F)cc3)oc2=O)c(O)c1. The molecule has 0 aliphatic carbocycles. The topological polar surface area (TPSA) is 97.4 Å². The van der Waals surface area contributed by atoms with Crippen LogP contribution >= 0.6 is 0 Å². The minimum Gasteiger partial charge on any atom is -0.506 e. The third-order valence-electron chi connectivity index (χ3n) is 3.42. The fraction of sp³-hybridized carbons (Fsp3) is 0.118. The second-order valence-electron chi connectivity index (χ2n) is 5.41. The van der Waals surface area contributed by atoms with Crippen LogP contribution in [-0.4, -0.2) is 20.8 Å². The summed E-state index contributed by atoms with van der Waals surface area (Å²) in [5.74, 6) is -1.89. The first-order valence-corrected chi connectivity index (χ1v) is 7.36. The summed E-state index contributed by atoms with van der Waals surface area (Å²) in [6.45, 7) is 1.41. The Labute approximate surface area is 141 Å². The van der Waals surface area contributed by atoms with E-state index in [4.69, 9.17) is 4.42 Å². The predicted molar refractivity (Wildman–Crippen MR) is 87.6 cm³/mol. The monoisotopic (exact) mass is 343 g/mol. The Morgan fingerprint density at radius 3 is 2.68 bits per heavy atom. The molecule has 0 saturated carbocycles. The van der Waals surface area contributed by atoms with Crippen molar-refractivity contribution in [3.05, 3.63) is 64.4 Å². The zero-order valence-electron chi connectivity index (χ0n) is 13.2. The lowest BCUT2D eigenvalue weighted by molar-refractivity contribution is -0.117. The van der Waals surface area contributed by atoms with E-state index in [9.17, 15) is 19.1 Å². The normalized spacial score (nSPS) is 10.6. The predicted octanol–water partition coefficient (Wildman–Crippen LogP) is 2.30. The Morgan fingerprint density at radius 2 is 2.00 bits per heavy atom. The number of benzene rings is 2. The largest absolute Gasteiger partial charge is 0.506 e. The summed E-state index contributed by atoms with van der Waals surface area (Å²) in [4.78, 5) is 23.9. The average Bonchev–Trinajstić information content (AvgIpc) is 2.91. The number of phenolic OH excluding ortho intramolecular Hbond substituents is 1. The molecule has 1 aromatic heterocycles. The van der Waals surface area contributed by atoms with E-state index in [-0.39, 0.29) is 17.3 Å². The molecule has 0 aliphatic rings. The van der Waals surface area contributed by atoms with Crippen LogP contribution in [0, 0.1) is 12.7 Å². The summed E-state index contributed by atoms with van der Waals surface area (Å²) in [5.41, 5.74) is 1.48. The number of nitrogens with one attached hydrogen (secondary N) is 1. The summed E-state index contributed by atoms with van der Waals surface area (Å²) in [6.07, 6.45) is 0. The van der Waals surface area contributed by atoms with Gasteiger partial charge >= 0.3 is 5.76 Å². The van der Waals surface area contributed by atoms with Crippen molar-refractivity contribution in [1.29, 1.82) is 0 Å². The number of hydrogen-bond donors (Lipinski definition) is 2. The van der Waals surface area contributed by atoms with Crippen LogP contribution in [0.1, 0.15) is 5.56 Å². The quantitative estimate of drug-likeness (QED) is 0.709. The first kappa shape index (κ1) is 16.4. The number of aromatic nitrogens is 2. The van der Waals surface area contributed by atoms with Crippen molar-refractivity contribution in [3.8, 4) is 17.2 Å². The van der Waals surface area contributed by atoms with E-state index in [0.29, 0.717) is 5.56 Å². The van der Waals surface area contributed by atoms with Crippen molar-refractivity contribution >= 4 is 11.6 Å². The van der Waals surface area contributed by atoms with E-state index in [2.05, 4.69) is 10.4 Å². The highest BCUT2D eigenvalue weighted by Crippen LogP contribution is 2.23. The molecule has 3 aromatic rings. The smallest absolute Gasteiger partial charge is 0.437 e. The summed E-state index contributed by atoms with van der Waals surface area (Å²) in [6, 6.07) is 10.0. The van der Waals surface area contributed by atoms with Crippen molar-refractivity contribution in [3.63, 3.8) is 0 Å². The van der Waals surface area contributed by atoms with Gasteiger partial charge in [0, 0.05) is 5.56 Å². The summed E-state index contributed by atoms with van der Waals surface area (Å²) in [7, 11) is 0. The van der Waals surface area contributed by atoms with Crippen molar-refractivity contribution in [1.82, 2.24) is 9.78 Å². The van der Waals surface area contributed by atoms with Gasteiger partial charge in [-0.25, -0.2) is 9.18 Å². The molecule has 0 radical (unpaired) electrons. The Kier molecular flexibility index (Phi) is 4.34. The van der Waals surface area contributed by atoms with E-state index in [1.54, 1.807) is 19.1 Å². The van der Waals surface area contributed by atoms with Gasteiger partial charge < -0.3 is 14.8 Å². The molecule has 8 heteroatoms. The van der Waals surface area contributed by atoms with E-state index < -0.39 is 24.0 Å². The number of phenols is 1. The lowest BCUT2D eigenvalue weighted by Crippen LogP contribution is -2.25. The van der Waals surface area contributed by atoms with Gasteiger partial charge in [0.1, 0.15) is 18.1 Å². The van der Waals surface area contributed by atoms with E-state index in [1.165, 1.54) is 30.3 Å². The van der Waals surface area contributed by atoms with Crippen molar-refractivity contribution in [2.24, 2.45) is 0 Å². The molecule has 2 aromatic carbocycles. The highest BCUT2D eigenvalue weighted by Gasteiger charge is 2.14. The minimum absolute atomic E-state index is 0.0176. The third kappa shape index (κ3) is 3.74. The van der Waals surface area contributed by atoms with Gasteiger partial charge in [-0.2, -0.15) is 4.68 Å². The first-order chi connectivity index (χ1) is 11.9. The average molecular weight is 343 g/mol. The lowest BCUT2D eigenvalue weighted by Gasteiger charge is -2.07. The summed E-state index contributed by atoms with van der Waals surface area (Å²) in [5, 5.41) is 16.2. The van der Waals surface area contributed by atoms with Crippen LogP contribution in [-0.2, 0) is 11.3 Å². The molecule has 0 aliphatic heterocycles. The molecule has 25 heavy (non-hydrogen) atoms. The fourth-order valence-corrected chi connectivity index (χ4v) is 2.19. The van der Waals surface area contributed by atoms with E-state index in [1.807, 2.05) is 0 Å². The number of carbonyl (C=O) groups is 1. The molecule has 0 saturated heterocycles. The number of aryl methyl sites for hydroxylation is 1. The molecule has 128 valence electrons.